The van der Waals surface area contributed by atoms with Crippen molar-refractivity contribution in [2.45, 2.75) is 13.5 Å². The van der Waals surface area contributed by atoms with Crippen LogP contribution in [0.3, 0.4) is 0 Å². The van der Waals surface area contributed by atoms with Crippen molar-refractivity contribution in [2.24, 2.45) is 0 Å². The summed E-state index contributed by atoms with van der Waals surface area (Å²) < 4.78 is 18.9. The molecular formula is C15H13FN2O3. The largest absolute Gasteiger partial charge is 0.444 e. The highest BCUT2D eigenvalue weighted by Crippen LogP contribution is 2.10. The van der Waals surface area contributed by atoms with Gasteiger partial charge in [0.2, 0.25) is 5.89 Å². The molecule has 0 fully saturated rings. The van der Waals surface area contributed by atoms with Crippen molar-refractivity contribution < 1.29 is 18.7 Å². The highest BCUT2D eigenvalue weighted by atomic mass is 19.1. The number of hydrogen-bond donors (Lipinski definition) is 2. The molecule has 0 atom stereocenters. The maximum Gasteiger partial charge on any atom is 0.254 e. The summed E-state index contributed by atoms with van der Waals surface area (Å²) in [6, 6.07) is 3.92. The van der Waals surface area contributed by atoms with Crippen molar-refractivity contribution in [2.75, 3.05) is 6.61 Å². The van der Waals surface area contributed by atoms with Crippen LogP contribution in [0, 0.1) is 24.6 Å². The number of amides is 1. The van der Waals surface area contributed by atoms with Gasteiger partial charge in [-0.3, -0.25) is 4.79 Å². The molecule has 0 aliphatic carbocycles. The molecule has 0 aliphatic heterocycles. The zero-order chi connectivity index (χ0) is 15.2. The van der Waals surface area contributed by atoms with Crippen molar-refractivity contribution in [1.29, 1.82) is 0 Å². The highest BCUT2D eigenvalue weighted by Gasteiger charge is 2.13. The first-order chi connectivity index (χ1) is 10.1. The first-order valence-electron chi connectivity index (χ1n) is 6.19. The van der Waals surface area contributed by atoms with Gasteiger partial charge in [-0.2, -0.15) is 0 Å². The Bertz CT molecular complexity index is 713. The van der Waals surface area contributed by atoms with Crippen LogP contribution in [-0.4, -0.2) is 22.6 Å². The molecule has 21 heavy (non-hydrogen) atoms. The second kappa shape index (κ2) is 6.68. The number of halogens is 1. The third kappa shape index (κ3) is 3.91. The Morgan fingerprint density at radius 1 is 1.52 bits per heavy atom. The van der Waals surface area contributed by atoms with Gasteiger partial charge in [-0.1, -0.05) is 11.8 Å². The van der Waals surface area contributed by atoms with Gasteiger partial charge in [-0.25, -0.2) is 9.37 Å². The number of hydrogen-bond acceptors (Lipinski definition) is 4. The average Bonchev–Trinajstić information content (AvgIpc) is 2.89. The van der Waals surface area contributed by atoms with E-state index in [9.17, 15) is 9.18 Å². The van der Waals surface area contributed by atoms with Crippen LogP contribution in [0.25, 0.3) is 0 Å². The van der Waals surface area contributed by atoms with Crippen molar-refractivity contribution in [3.8, 4) is 11.8 Å². The minimum Gasteiger partial charge on any atom is -0.444 e. The monoisotopic (exact) mass is 288 g/mol. The molecule has 1 aromatic heterocycles. The number of aliphatic hydroxyl groups excluding tert-OH is 1. The number of rotatable bonds is 3. The van der Waals surface area contributed by atoms with E-state index in [0.717, 1.165) is 6.07 Å². The fourth-order valence-corrected chi connectivity index (χ4v) is 1.65. The zero-order valence-electron chi connectivity index (χ0n) is 11.3. The van der Waals surface area contributed by atoms with Gasteiger partial charge in [-0.15, -0.1) is 0 Å². The lowest BCUT2D eigenvalue weighted by Crippen LogP contribution is -2.24. The number of aliphatic hydroxyl groups is 1. The number of nitrogens with one attached hydrogen (secondary N) is 1. The molecule has 0 unspecified atom stereocenters. The number of nitrogens with zero attached hydrogens (tertiary/aromatic N) is 1. The van der Waals surface area contributed by atoms with E-state index >= 15 is 0 Å². The fraction of sp³-hybridized carbons (Fsp3) is 0.200. The second-order valence-corrected chi connectivity index (χ2v) is 4.20. The predicted molar refractivity (Wildman–Crippen MR) is 72.8 cm³/mol. The number of carbonyl (C=O) groups excluding carboxylic acids is 1. The van der Waals surface area contributed by atoms with Crippen LogP contribution in [0.4, 0.5) is 4.39 Å². The summed E-state index contributed by atoms with van der Waals surface area (Å²) in [5, 5.41) is 11.1. The lowest BCUT2D eigenvalue weighted by atomic mass is 10.1. The summed E-state index contributed by atoms with van der Waals surface area (Å²) in [6.45, 7) is 1.50. The van der Waals surface area contributed by atoms with Gasteiger partial charge in [0.05, 0.1) is 18.3 Å². The van der Waals surface area contributed by atoms with Gasteiger partial charge in [0.15, 0.2) is 0 Å². The van der Waals surface area contributed by atoms with Crippen molar-refractivity contribution in [3.05, 3.63) is 53.0 Å². The number of benzene rings is 1. The van der Waals surface area contributed by atoms with Crippen molar-refractivity contribution in [3.63, 3.8) is 0 Å². The predicted octanol–water partition coefficient (Wildman–Crippen LogP) is 1.40. The molecule has 5 nitrogen and oxygen atoms in total. The molecule has 1 amide bonds. The molecule has 0 saturated heterocycles. The molecule has 0 radical (unpaired) electrons. The molecule has 0 saturated carbocycles. The molecule has 108 valence electrons. The minimum atomic E-state index is -0.648. The van der Waals surface area contributed by atoms with E-state index in [4.69, 9.17) is 9.52 Å². The third-order valence-corrected chi connectivity index (χ3v) is 2.59. The highest BCUT2D eigenvalue weighted by molar-refractivity contribution is 5.94. The Kier molecular flexibility index (Phi) is 4.69. The van der Waals surface area contributed by atoms with Gasteiger partial charge in [0.25, 0.3) is 5.91 Å². The average molecular weight is 288 g/mol. The van der Waals surface area contributed by atoms with Gasteiger partial charge in [0.1, 0.15) is 18.2 Å². The van der Waals surface area contributed by atoms with Crippen molar-refractivity contribution in [1.82, 2.24) is 10.3 Å². The van der Waals surface area contributed by atoms with Crippen LogP contribution >= 0.6 is 0 Å². The summed E-state index contributed by atoms with van der Waals surface area (Å²) in [6.07, 6.45) is 1.53. The molecule has 2 rings (SSSR count). The lowest BCUT2D eigenvalue weighted by Gasteiger charge is -2.04. The summed E-state index contributed by atoms with van der Waals surface area (Å²) in [7, 11) is 0. The summed E-state index contributed by atoms with van der Waals surface area (Å²) in [4.78, 5) is 15.9. The number of carbonyl (C=O) groups is 1. The Morgan fingerprint density at radius 3 is 3.00 bits per heavy atom. The van der Waals surface area contributed by atoms with Crippen LogP contribution in [-0.2, 0) is 6.54 Å². The maximum absolute atomic E-state index is 13.7. The maximum atomic E-state index is 13.7. The smallest absolute Gasteiger partial charge is 0.254 e. The Hall–Kier alpha value is -2.65. The quantitative estimate of drug-likeness (QED) is 0.837. The molecule has 1 aromatic carbocycles. The van der Waals surface area contributed by atoms with Crippen LogP contribution < -0.4 is 5.32 Å². The van der Waals surface area contributed by atoms with Crippen LogP contribution in [0.15, 0.2) is 28.8 Å². The minimum absolute atomic E-state index is 0.0681. The topological polar surface area (TPSA) is 75.4 Å². The molecule has 0 spiro atoms. The second-order valence-electron chi connectivity index (χ2n) is 4.20. The first-order valence-corrected chi connectivity index (χ1v) is 6.19. The Morgan fingerprint density at radius 2 is 2.33 bits per heavy atom. The van der Waals surface area contributed by atoms with E-state index in [1.54, 1.807) is 6.92 Å². The molecule has 0 bridgehead atoms. The molecule has 6 heteroatoms. The van der Waals surface area contributed by atoms with Crippen LogP contribution in [0.2, 0.25) is 0 Å². The molecular weight excluding hydrogens is 275 g/mol. The van der Waals surface area contributed by atoms with E-state index in [1.807, 2.05) is 0 Å². The van der Waals surface area contributed by atoms with Gasteiger partial charge >= 0.3 is 0 Å². The fourth-order valence-electron chi connectivity index (χ4n) is 1.65. The normalized spacial score (nSPS) is 9.86. The first kappa shape index (κ1) is 14.8. The van der Waals surface area contributed by atoms with Crippen LogP contribution in [0.1, 0.15) is 27.6 Å². The third-order valence-electron chi connectivity index (χ3n) is 2.59. The molecule has 0 aliphatic rings. The molecule has 2 N–H and O–H groups in total. The Labute approximate surface area is 120 Å². The molecule has 2 aromatic rings. The zero-order valence-corrected chi connectivity index (χ0v) is 11.3. The number of aromatic nitrogens is 1. The summed E-state index contributed by atoms with van der Waals surface area (Å²) in [5.41, 5.74) is 0.325. The number of aryl methyl sites for hydroxylation is 1. The van der Waals surface area contributed by atoms with Gasteiger partial charge in [0, 0.05) is 5.56 Å². The standard InChI is InChI=1S/C15H13FN2O3/c1-10-8-17-14(21-10)9-18-15(20)12-7-11(3-2-6-19)4-5-13(12)16/h4-5,7-8,19H,6,9H2,1H3,(H,18,20). The van der Waals surface area contributed by atoms with Crippen molar-refractivity contribution >= 4 is 5.91 Å². The van der Waals surface area contributed by atoms with Crippen LogP contribution in [0.5, 0.6) is 0 Å². The van der Waals surface area contributed by atoms with Gasteiger partial charge in [-0.05, 0) is 25.1 Å². The summed E-state index contributed by atoms with van der Waals surface area (Å²) >= 11 is 0. The summed E-state index contributed by atoms with van der Waals surface area (Å²) in [5.74, 6) is 4.80. The van der Waals surface area contributed by atoms with E-state index in [1.165, 1.54) is 18.3 Å². The van der Waals surface area contributed by atoms with E-state index in [0.29, 0.717) is 17.2 Å². The Balaban J connectivity index is 2.10. The molecule has 1 heterocycles. The number of oxazole rings is 1. The van der Waals surface area contributed by atoms with E-state index in [-0.39, 0.29) is 18.7 Å². The lowest BCUT2D eigenvalue weighted by molar-refractivity contribution is 0.0943. The SMILES string of the molecule is Cc1cnc(CNC(=O)c2cc(C#CCO)ccc2F)o1. The van der Waals surface area contributed by atoms with Gasteiger partial charge < -0.3 is 14.8 Å². The van der Waals surface area contributed by atoms with E-state index < -0.39 is 11.7 Å². The van der Waals surface area contributed by atoms with E-state index in [2.05, 4.69) is 22.1 Å².